The monoisotopic (exact) mass is 471 g/mol. The molecule has 4 rings (SSSR count). The molecule has 1 saturated carbocycles. The molecule has 158 valence electrons. The molecule has 1 aliphatic carbocycles. The summed E-state index contributed by atoms with van der Waals surface area (Å²) in [6, 6.07) is 10.0. The van der Waals surface area contributed by atoms with Gasteiger partial charge in [-0.3, -0.25) is 9.69 Å². The fourth-order valence-electron chi connectivity index (χ4n) is 4.28. The van der Waals surface area contributed by atoms with E-state index in [-0.39, 0.29) is 6.04 Å². The second kappa shape index (κ2) is 8.04. The lowest BCUT2D eigenvalue weighted by molar-refractivity contribution is -0.141. The van der Waals surface area contributed by atoms with Gasteiger partial charge in [-0.25, -0.2) is 4.79 Å². The zero-order chi connectivity index (χ0) is 21.5. The Hall–Kier alpha value is -2.38. The van der Waals surface area contributed by atoms with Crippen LogP contribution in [0.3, 0.4) is 0 Å². The van der Waals surface area contributed by atoms with Gasteiger partial charge in [0.25, 0.3) is 11.6 Å². The van der Waals surface area contributed by atoms with Gasteiger partial charge in [-0.2, -0.15) is 0 Å². The van der Waals surface area contributed by atoms with Crippen molar-refractivity contribution >= 4 is 39.2 Å². The molecule has 30 heavy (non-hydrogen) atoms. The topological polar surface area (TPSA) is 81.7 Å². The minimum Gasteiger partial charge on any atom is -0.359 e. The molecule has 0 spiro atoms. The number of anilines is 2. The molecule has 0 radical (unpaired) electrons. The number of hydrogen-bond acceptors (Lipinski definition) is 3. The third-order valence-electron chi connectivity index (χ3n) is 6.13. The summed E-state index contributed by atoms with van der Waals surface area (Å²) in [4.78, 5) is 27.8. The average Bonchev–Trinajstić information content (AvgIpc) is 2.72. The molecule has 2 aliphatic rings. The Bertz CT molecular complexity index is 1000. The molecule has 1 heterocycles. The quantitative estimate of drug-likeness (QED) is 0.605. The van der Waals surface area contributed by atoms with Crippen molar-refractivity contribution in [2.24, 2.45) is 0 Å². The number of hydrogen-bond donors (Lipinski definition) is 3. The number of urea groups is 1. The number of carbonyl (C=O) groups is 2. The van der Waals surface area contributed by atoms with E-state index in [0.717, 1.165) is 48.1 Å². The van der Waals surface area contributed by atoms with Crippen molar-refractivity contribution in [3.63, 3.8) is 0 Å². The van der Waals surface area contributed by atoms with Gasteiger partial charge in [0, 0.05) is 21.8 Å². The predicted octanol–water partition coefficient (Wildman–Crippen LogP) is 4.71. The van der Waals surface area contributed by atoms with Gasteiger partial charge >= 0.3 is 6.03 Å². The fraction of sp³-hybridized carbons (Fsp3) is 0.391. The lowest BCUT2D eigenvalue weighted by Crippen LogP contribution is -2.63. The molecule has 6 nitrogen and oxygen atoms in total. The van der Waals surface area contributed by atoms with Crippen molar-refractivity contribution in [3.8, 4) is 0 Å². The average molecular weight is 472 g/mol. The number of amides is 3. The highest BCUT2D eigenvalue weighted by Gasteiger charge is 2.52. The molecule has 1 fully saturated rings. The molecule has 1 atom stereocenters. The third-order valence-corrected chi connectivity index (χ3v) is 6.62. The van der Waals surface area contributed by atoms with E-state index < -0.39 is 17.7 Å². The van der Waals surface area contributed by atoms with E-state index in [9.17, 15) is 14.7 Å². The second-order valence-electron chi connectivity index (χ2n) is 8.20. The van der Waals surface area contributed by atoms with Gasteiger partial charge in [-0.1, -0.05) is 41.3 Å². The van der Waals surface area contributed by atoms with E-state index in [4.69, 9.17) is 0 Å². The number of rotatable bonds is 3. The maximum absolute atomic E-state index is 13.5. The summed E-state index contributed by atoms with van der Waals surface area (Å²) < 4.78 is 0.710. The minimum atomic E-state index is -2.17. The van der Waals surface area contributed by atoms with Crippen LogP contribution in [0.2, 0.25) is 0 Å². The summed E-state index contributed by atoms with van der Waals surface area (Å²) in [5.74, 6) is -0.582. The smallest absolute Gasteiger partial charge is 0.329 e. The summed E-state index contributed by atoms with van der Waals surface area (Å²) in [7, 11) is 0. The molecular formula is C23H26BrN3O3. The SMILES string of the molecule is Cc1ccc(N2C(=O)Nc3ccc(Br)cc3[C@@]2(O)C(=O)NC2CCCCC2)cc1C. The Balaban J connectivity index is 1.83. The van der Waals surface area contributed by atoms with E-state index in [1.807, 2.05) is 26.0 Å². The lowest BCUT2D eigenvalue weighted by Gasteiger charge is -2.43. The number of benzene rings is 2. The third kappa shape index (κ3) is 3.61. The van der Waals surface area contributed by atoms with Crippen LogP contribution in [0.4, 0.5) is 16.2 Å². The molecule has 2 aromatic carbocycles. The lowest BCUT2D eigenvalue weighted by atomic mass is 9.92. The van der Waals surface area contributed by atoms with Crippen LogP contribution in [0.15, 0.2) is 40.9 Å². The normalized spacial score (nSPS) is 21.7. The molecule has 0 bridgehead atoms. The zero-order valence-electron chi connectivity index (χ0n) is 17.2. The summed E-state index contributed by atoms with van der Waals surface area (Å²) in [5, 5.41) is 17.7. The first-order valence-corrected chi connectivity index (χ1v) is 11.1. The van der Waals surface area contributed by atoms with Crippen LogP contribution in [0.25, 0.3) is 0 Å². The first-order chi connectivity index (χ1) is 14.3. The molecule has 1 aliphatic heterocycles. The zero-order valence-corrected chi connectivity index (χ0v) is 18.8. The van der Waals surface area contributed by atoms with Crippen LogP contribution in [0.5, 0.6) is 0 Å². The molecule has 3 amide bonds. The highest BCUT2D eigenvalue weighted by Crippen LogP contribution is 2.41. The molecule has 7 heteroatoms. The van der Waals surface area contributed by atoms with Crippen molar-refractivity contribution in [3.05, 3.63) is 57.6 Å². The van der Waals surface area contributed by atoms with Crippen molar-refractivity contribution in [1.29, 1.82) is 0 Å². The van der Waals surface area contributed by atoms with Gasteiger partial charge in [-0.15, -0.1) is 0 Å². The first-order valence-electron chi connectivity index (χ1n) is 10.3. The molecule has 0 aromatic heterocycles. The summed E-state index contributed by atoms with van der Waals surface area (Å²) in [6.45, 7) is 3.91. The van der Waals surface area contributed by atoms with Crippen molar-refractivity contribution in [2.75, 3.05) is 10.2 Å². The standard InChI is InChI=1S/C23H26BrN3O3/c1-14-8-10-18(12-15(14)2)27-22(29)26-20-11-9-16(24)13-19(20)23(27,30)21(28)25-17-6-4-3-5-7-17/h8-13,17,30H,3-7H2,1-2H3,(H,25,28)(H,26,29)/t23-/m1/s1. The number of halogens is 1. The van der Waals surface area contributed by atoms with Crippen LogP contribution >= 0.6 is 15.9 Å². The van der Waals surface area contributed by atoms with E-state index in [1.54, 1.807) is 24.3 Å². The van der Waals surface area contributed by atoms with Gasteiger partial charge < -0.3 is 15.7 Å². The molecule has 0 saturated heterocycles. The van der Waals surface area contributed by atoms with Crippen molar-refractivity contribution < 1.29 is 14.7 Å². The van der Waals surface area contributed by atoms with E-state index in [0.29, 0.717) is 21.4 Å². The van der Waals surface area contributed by atoms with Gasteiger partial charge in [-0.05, 0) is 68.1 Å². The molecule has 2 aromatic rings. The summed E-state index contributed by atoms with van der Waals surface area (Å²) >= 11 is 3.43. The van der Waals surface area contributed by atoms with Crippen molar-refractivity contribution in [1.82, 2.24) is 5.32 Å². The number of nitrogens with one attached hydrogen (secondary N) is 2. The Morgan fingerprint density at radius 1 is 1.13 bits per heavy atom. The van der Waals surface area contributed by atoms with Crippen LogP contribution in [-0.2, 0) is 10.5 Å². The maximum atomic E-state index is 13.5. The number of nitrogens with zero attached hydrogens (tertiary/aromatic N) is 1. The van der Waals surface area contributed by atoms with Crippen LogP contribution in [-0.4, -0.2) is 23.1 Å². The van der Waals surface area contributed by atoms with Gasteiger partial charge in [0.15, 0.2) is 0 Å². The Labute approximate surface area is 184 Å². The number of fused-ring (bicyclic) bond motifs is 1. The van der Waals surface area contributed by atoms with E-state index in [2.05, 4.69) is 26.6 Å². The van der Waals surface area contributed by atoms with Gasteiger partial charge in [0.2, 0.25) is 0 Å². The highest BCUT2D eigenvalue weighted by atomic mass is 79.9. The summed E-state index contributed by atoms with van der Waals surface area (Å²) in [5.41, 5.74) is 1.08. The predicted molar refractivity (Wildman–Crippen MR) is 120 cm³/mol. The number of carbonyl (C=O) groups excluding carboxylic acids is 2. The molecule has 0 unspecified atom stereocenters. The Kier molecular flexibility index (Phi) is 5.59. The number of aryl methyl sites for hydroxylation is 2. The van der Waals surface area contributed by atoms with E-state index in [1.165, 1.54) is 0 Å². The fourth-order valence-corrected chi connectivity index (χ4v) is 4.64. The van der Waals surface area contributed by atoms with Crippen LogP contribution in [0, 0.1) is 13.8 Å². The molecule has 3 N–H and O–H groups in total. The Morgan fingerprint density at radius 3 is 2.57 bits per heavy atom. The Morgan fingerprint density at radius 2 is 1.87 bits per heavy atom. The van der Waals surface area contributed by atoms with Crippen LogP contribution < -0.4 is 15.5 Å². The minimum absolute atomic E-state index is 0.00234. The van der Waals surface area contributed by atoms with Gasteiger partial charge in [0.05, 0.1) is 5.69 Å². The van der Waals surface area contributed by atoms with Gasteiger partial charge in [0.1, 0.15) is 0 Å². The maximum Gasteiger partial charge on any atom is 0.329 e. The summed E-state index contributed by atoms with van der Waals surface area (Å²) in [6.07, 6.45) is 5.01. The van der Waals surface area contributed by atoms with Crippen LogP contribution in [0.1, 0.15) is 48.8 Å². The molecular weight excluding hydrogens is 446 g/mol. The second-order valence-corrected chi connectivity index (χ2v) is 9.12. The first kappa shape index (κ1) is 20.9. The van der Waals surface area contributed by atoms with E-state index >= 15 is 0 Å². The highest BCUT2D eigenvalue weighted by molar-refractivity contribution is 9.10. The largest absolute Gasteiger partial charge is 0.359 e. The number of aliphatic hydroxyl groups is 1. The van der Waals surface area contributed by atoms with Crippen molar-refractivity contribution in [2.45, 2.75) is 57.7 Å².